The van der Waals surface area contributed by atoms with Gasteiger partial charge in [-0.1, -0.05) is 42.5 Å². The minimum atomic E-state index is 0.566. The zero-order valence-electron chi connectivity index (χ0n) is 17.8. The molecular formula is C25H31N3OS. The number of piperidine rings is 1. The Morgan fingerprint density at radius 1 is 1.23 bits per heavy atom. The van der Waals surface area contributed by atoms with E-state index in [4.69, 9.17) is 17.0 Å². The van der Waals surface area contributed by atoms with Gasteiger partial charge in [0.15, 0.2) is 0 Å². The smallest absolute Gasteiger partial charge is 0.125 e. The average molecular weight is 422 g/mol. The summed E-state index contributed by atoms with van der Waals surface area (Å²) in [5.74, 6) is 1.73. The summed E-state index contributed by atoms with van der Waals surface area (Å²) >= 11 is 5.24. The van der Waals surface area contributed by atoms with Gasteiger partial charge in [0, 0.05) is 45.1 Å². The van der Waals surface area contributed by atoms with E-state index in [0.29, 0.717) is 12.0 Å². The lowest BCUT2D eigenvalue weighted by molar-refractivity contribution is 0.192. The quantitative estimate of drug-likeness (QED) is 0.674. The van der Waals surface area contributed by atoms with Gasteiger partial charge in [-0.15, -0.1) is 0 Å². The lowest BCUT2D eigenvalue weighted by Gasteiger charge is -2.38. The fourth-order valence-electron chi connectivity index (χ4n) is 5.72. The van der Waals surface area contributed by atoms with E-state index in [0.717, 1.165) is 44.8 Å². The van der Waals surface area contributed by atoms with Crippen molar-refractivity contribution in [3.63, 3.8) is 0 Å². The van der Waals surface area contributed by atoms with Gasteiger partial charge in [0.05, 0.1) is 18.0 Å². The van der Waals surface area contributed by atoms with Crippen LogP contribution in [0.2, 0.25) is 0 Å². The lowest BCUT2D eigenvalue weighted by atomic mass is 9.88. The average Bonchev–Trinajstić information content (AvgIpc) is 3.38. The Hall–Kier alpha value is -2.11. The highest BCUT2D eigenvalue weighted by atomic mass is 32.1. The van der Waals surface area contributed by atoms with Crippen LogP contribution in [0.5, 0.6) is 5.75 Å². The Bertz CT molecular complexity index is 931. The van der Waals surface area contributed by atoms with Crippen molar-refractivity contribution in [1.82, 2.24) is 4.90 Å². The summed E-state index contributed by atoms with van der Waals surface area (Å²) in [7, 11) is 2.02. The van der Waals surface area contributed by atoms with E-state index in [1.807, 2.05) is 12.4 Å². The Kier molecular flexibility index (Phi) is 5.66. The summed E-state index contributed by atoms with van der Waals surface area (Å²) in [4.78, 5) is 5.21. The number of para-hydroxylation sites is 2. The van der Waals surface area contributed by atoms with Crippen LogP contribution in [0.15, 0.2) is 36.4 Å². The highest BCUT2D eigenvalue weighted by molar-refractivity contribution is 7.79. The molecule has 0 bridgehead atoms. The summed E-state index contributed by atoms with van der Waals surface area (Å²) in [5.41, 5.74) is 6.85. The van der Waals surface area contributed by atoms with Crippen molar-refractivity contribution in [2.45, 2.75) is 37.6 Å². The van der Waals surface area contributed by atoms with Crippen molar-refractivity contribution in [3.05, 3.63) is 53.1 Å². The van der Waals surface area contributed by atoms with Crippen LogP contribution in [0.1, 0.15) is 35.4 Å². The number of hydrogen-bond donors (Lipinski definition) is 1. The van der Waals surface area contributed by atoms with Crippen molar-refractivity contribution in [2.24, 2.45) is 0 Å². The first-order valence-corrected chi connectivity index (χ1v) is 11.7. The Balaban J connectivity index is 1.26. The first-order valence-electron chi connectivity index (χ1n) is 11.3. The molecule has 1 fully saturated rings. The van der Waals surface area contributed by atoms with Gasteiger partial charge >= 0.3 is 0 Å². The van der Waals surface area contributed by atoms with Gasteiger partial charge in [0.25, 0.3) is 0 Å². The zero-order chi connectivity index (χ0) is 20.5. The summed E-state index contributed by atoms with van der Waals surface area (Å²) in [6.45, 7) is 5.15. The van der Waals surface area contributed by atoms with Gasteiger partial charge in [-0.2, -0.15) is 0 Å². The molecule has 2 aromatic rings. The molecule has 3 aliphatic heterocycles. The number of likely N-dealkylation sites (tertiary alicyclic amines) is 1. The van der Waals surface area contributed by atoms with Crippen LogP contribution in [0.25, 0.3) is 0 Å². The third-order valence-corrected chi connectivity index (χ3v) is 7.22. The Morgan fingerprint density at radius 3 is 3.00 bits per heavy atom. The molecule has 2 unspecified atom stereocenters. The van der Waals surface area contributed by atoms with Gasteiger partial charge in [0.1, 0.15) is 5.75 Å². The number of thiocarbonyl (C=S) groups is 1. The molecule has 5 heteroatoms. The second-order valence-electron chi connectivity index (χ2n) is 8.68. The number of nitrogens with zero attached hydrogens (tertiary/aromatic N) is 2. The van der Waals surface area contributed by atoms with Crippen molar-refractivity contribution < 1.29 is 4.74 Å². The summed E-state index contributed by atoms with van der Waals surface area (Å²) in [6.07, 6.45) is 4.55. The molecule has 0 spiro atoms. The first kappa shape index (κ1) is 19.8. The maximum absolute atomic E-state index is 5.89. The van der Waals surface area contributed by atoms with E-state index >= 15 is 0 Å². The summed E-state index contributed by atoms with van der Waals surface area (Å²) < 4.78 is 5.89. The topological polar surface area (TPSA) is 27.7 Å². The van der Waals surface area contributed by atoms with Gasteiger partial charge < -0.3 is 19.9 Å². The molecule has 2 atom stereocenters. The predicted octanol–water partition coefficient (Wildman–Crippen LogP) is 4.27. The fraction of sp³-hybridized carbons (Fsp3) is 0.480. The Morgan fingerprint density at radius 2 is 2.13 bits per heavy atom. The number of hydrogen-bond acceptors (Lipinski definition) is 5. The second kappa shape index (κ2) is 8.56. The molecule has 1 N–H and O–H groups in total. The van der Waals surface area contributed by atoms with Crippen LogP contribution in [-0.4, -0.2) is 56.1 Å². The van der Waals surface area contributed by atoms with Gasteiger partial charge in [0.2, 0.25) is 0 Å². The van der Waals surface area contributed by atoms with Crippen LogP contribution < -0.4 is 15.0 Å². The second-order valence-corrected chi connectivity index (χ2v) is 9.02. The molecule has 4 nitrogen and oxygen atoms in total. The van der Waals surface area contributed by atoms with Crippen molar-refractivity contribution in [1.29, 1.82) is 0 Å². The maximum Gasteiger partial charge on any atom is 0.125 e. The fourth-order valence-corrected chi connectivity index (χ4v) is 5.88. The first-order chi connectivity index (χ1) is 14.8. The minimum absolute atomic E-state index is 0.566. The molecule has 30 heavy (non-hydrogen) atoms. The number of ether oxygens (including phenoxy) is 1. The largest absolute Gasteiger partial charge is 0.493 e. The molecule has 1 saturated heterocycles. The molecular weight excluding hydrogens is 390 g/mol. The van der Waals surface area contributed by atoms with Crippen LogP contribution in [0.4, 0.5) is 11.4 Å². The molecule has 0 aliphatic carbocycles. The molecule has 3 aliphatic rings. The number of benzene rings is 2. The van der Waals surface area contributed by atoms with Crippen LogP contribution in [0.3, 0.4) is 0 Å². The third kappa shape index (κ3) is 3.48. The SMILES string of the molecule is CNc1cccc2c1N(CC=S)C1CCN(CCCc3cccc4c3OCC4)CC21. The van der Waals surface area contributed by atoms with Crippen LogP contribution >= 0.6 is 12.2 Å². The predicted molar refractivity (Wildman–Crippen MR) is 129 cm³/mol. The van der Waals surface area contributed by atoms with Crippen molar-refractivity contribution >= 4 is 29.0 Å². The molecule has 0 amide bonds. The maximum atomic E-state index is 5.89. The van der Waals surface area contributed by atoms with E-state index in [-0.39, 0.29) is 0 Å². The molecule has 158 valence electrons. The standard InChI is InChI=1S/C25H31N3OS/c1-26-22-9-3-8-20-21-17-27(13-10-23(21)28(14-16-30)24(20)22)12-4-7-18-5-2-6-19-11-15-29-25(18)19/h2-3,5-6,8-9,16,21,23,26H,4,7,10-15,17H2,1H3. The van der Waals surface area contributed by atoms with E-state index in [9.17, 15) is 0 Å². The number of nitrogens with one attached hydrogen (secondary N) is 1. The summed E-state index contributed by atoms with van der Waals surface area (Å²) in [5, 5.41) is 5.27. The number of aryl methyl sites for hydroxylation is 1. The Labute approximate surface area is 185 Å². The molecule has 0 aromatic heterocycles. The van der Waals surface area contributed by atoms with Gasteiger partial charge in [-0.25, -0.2) is 0 Å². The highest BCUT2D eigenvalue weighted by Gasteiger charge is 2.42. The molecule has 2 aromatic carbocycles. The zero-order valence-corrected chi connectivity index (χ0v) is 18.6. The van der Waals surface area contributed by atoms with E-state index in [2.05, 4.69) is 51.5 Å². The van der Waals surface area contributed by atoms with E-state index in [1.54, 1.807) is 0 Å². The molecule has 3 heterocycles. The minimum Gasteiger partial charge on any atom is -0.493 e. The number of rotatable bonds is 7. The van der Waals surface area contributed by atoms with Crippen LogP contribution in [0, 0.1) is 0 Å². The van der Waals surface area contributed by atoms with Crippen molar-refractivity contribution in [3.8, 4) is 5.75 Å². The normalized spacial score (nSPS) is 22.2. The van der Waals surface area contributed by atoms with Gasteiger partial charge in [-0.3, -0.25) is 0 Å². The monoisotopic (exact) mass is 421 g/mol. The van der Waals surface area contributed by atoms with Gasteiger partial charge in [-0.05, 0) is 53.9 Å². The summed E-state index contributed by atoms with van der Waals surface area (Å²) in [6, 6.07) is 13.9. The molecule has 0 radical (unpaired) electrons. The highest BCUT2D eigenvalue weighted by Crippen LogP contribution is 2.47. The van der Waals surface area contributed by atoms with Crippen LogP contribution in [-0.2, 0) is 12.8 Å². The number of fused-ring (bicyclic) bond motifs is 4. The van der Waals surface area contributed by atoms with E-state index in [1.165, 1.54) is 47.5 Å². The molecule has 0 saturated carbocycles. The number of anilines is 2. The third-order valence-electron chi connectivity index (χ3n) is 7.07. The lowest BCUT2D eigenvalue weighted by Crippen LogP contribution is -2.47. The molecule has 5 rings (SSSR count). The van der Waals surface area contributed by atoms with E-state index < -0.39 is 0 Å². The van der Waals surface area contributed by atoms with Crippen molar-refractivity contribution in [2.75, 3.05) is 50.1 Å².